The highest BCUT2D eigenvalue weighted by Gasteiger charge is 2.21. The van der Waals surface area contributed by atoms with Gasteiger partial charge in [0.05, 0.1) is 0 Å². The van der Waals surface area contributed by atoms with Crippen LogP contribution in [0.2, 0.25) is 0 Å². The summed E-state index contributed by atoms with van der Waals surface area (Å²) >= 11 is 0. The van der Waals surface area contributed by atoms with Gasteiger partial charge in [-0.3, -0.25) is 9.59 Å². The van der Waals surface area contributed by atoms with Crippen molar-refractivity contribution in [2.45, 2.75) is 0 Å². The van der Waals surface area contributed by atoms with Crippen LogP contribution in [0.3, 0.4) is 0 Å². The summed E-state index contributed by atoms with van der Waals surface area (Å²) in [6, 6.07) is 14.4. The number of amides is 1. The Morgan fingerprint density at radius 3 is 2.21 bits per heavy atom. The van der Waals surface area contributed by atoms with Gasteiger partial charge in [0.25, 0.3) is 5.91 Å². The van der Waals surface area contributed by atoms with Crippen molar-refractivity contribution in [3.05, 3.63) is 65.2 Å². The van der Waals surface area contributed by atoms with E-state index in [1.54, 1.807) is 37.4 Å². The van der Waals surface area contributed by atoms with Crippen molar-refractivity contribution >= 4 is 17.4 Å². The molecule has 19 heavy (non-hydrogen) atoms. The van der Waals surface area contributed by atoms with Crippen molar-refractivity contribution in [3.8, 4) is 0 Å². The van der Waals surface area contributed by atoms with Crippen LogP contribution in [0.1, 0.15) is 26.3 Å². The molecule has 0 unspecified atom stereocenters. The fourth-order valence-electron chi connectivity index (χ4n) is 1.71. The normalized spacial score (nSPS) is 10.9. The quantitative estimate of drug-likeness (QED) is 0.651. The number of ketones is 1. The summed E-state index contributed by atoms with van der Waals surface area (Å²) < 4.78 is 0. The lowest BCUT2D eigenvalue weighted by atomic mass is 9.90. The van der Waals surface area contributed by atoms with Crippen molar-refractivity contribution in [2.24, 2.45) is 0 Å². The highest BCUT2D eigenvalue weighted by atomic mass is 16.1. The van der Waals surface area contributed by atoms with Crippen LogP contribution in [0, 0.1) is 0 Å². The summed E-state index contributed by atoms with van der Waals surface area (Å²) in [5.74, 6) is 0.0515. The average molecular weight is 254 g/mol. The van der Waals surface area contributed by atoms with Gasteiger partial charge in [0.1, 0.15) is 0 Å². The molecular formula is C15H14N2O2. The lowest BCUT2D eigenvalue weighted by Crippen LogP contribution is -2.17. The fourth-order valence-corrected chi connectivity index (χ4v) is 1.71. The van der Waals surface area contributed by atoms with Gasteiger partial charge in [0.2, 0.25) is 0 Å². The van der Waals surface area contributed by atoms with Crippen LogP contribution in [0.5, 0.6) is 0 Å². The summed E-state index contributed by atoms with van der Waals surface area (Å²) in [5.41, 5.74) is 8.18. The second-order valence-corrected chi connectivity index (χ2v) is 4.08. The molecule has 96 valence electrons. The molecule has 4 heteroatoms. The number of hydrogen-bond acceptors (Lipinski definition) is 3. The van der Waals surface area contributed by atoms with Crippen LogP contribution in [0.25, 0.3) is 0 Å². The Morgan fingerprint density at radius 2 is 1.79 bits per heavy atom. The van der Waals surface area contributed by atoms with Crippen LogP contribution >= 0.6 is 0 Å². The predicted molar refractivity (Wildman–Crippen MR) is 74.1 cm³/mol. The molecule has 4 nitrogen and oxygen atoms in total. The Balaban J connectivity index is 0.000000141. The van der Waals surface area contributed by atoms with Crippen molar-refractivity contribution in [1.29, 1.82) is 0 Å². The van der Waals surface area contributed by atoms with E-state index in [0.29, 0.717) is 16.8 Å². The van der Waals surface area contributed by atoms with Gasteiger partial charge in [0, 0.05) is 29.4 Å². The predicted octanol–water partition coefficient (Wildman–Crippen LogP) is 1.86. The zero-order chi connectivity index (χ0) is 13.8. The average Bonchev–Trinajstić information content (AvgIpc) is 2.47. The maximum Gasteiger partial charge on any atom is 0.251 e. The van der Waals surface area contributed by atoms with E-state index in [0.717, 1.165) is 5.56 Å². The van der Waals surface area contributed by atoms with Crippen LogP contribution in [-0.2, 0) is 0 Å². The molecule has 0 saturated carbocycles. The van der Waals surface area contributed by atoms with E-state index in [-0.39, 0.29) is 11.7 Å². The van der Waals surface area contributed by atoms with E-state index in [2.05, 4.69) is 5.32 Å². The molecule has 2 aromatic rings. The van der Waals surface area contributed by atoms with E-state index in [4.69, 9.17) is 5.73 Å². The molecule has 3 N–H and O–H groups in total. The topological polar surface area (TPSA) is 72.2 Å². The molecule has 2 aliphatic carbocycles. The van der Waals surface area contributed by atoms with Crippen LogP contribution in [-0.4, -0.2) is 18.7 Å². The standard InChI is InChI=1S/C8H9NO.C7H5NO/c1-9-8(10)7-5-3-2-4-6-7;8-6-2-1-4-3-5(6)7(4)9/h2-6H,1H3,(H,9,10);1-3H,8H2. The summed E-state index contributed by atoms with van der Waals surface area (Å²) in [4.78, 5) is 21.7. The number of carbonyl (C=O) groups is 2. The van der Waals surface area contributed by atoms with E-state index in [1.807, 2.05) is 18.2 Å². The first-order chi connectivity index (χ1) is 9.13. The highest BCUT2D eigenvalue weighted by Crippen LogP contribution is 2.26. The number of hydrogen-bond donors (Lipinski definition) is 2. The fraction of sp³-hybridized carbons (Fsp3) is 0.0667. The first-order valence-corrected chi connectivity index (χ1v) is 5.85. The third-order valence-corrected chi connectivity index (χ3v) is 2.82. The number of anilines is 1. The second-order valence-electron chi connectivity index (χ2n) is 4.08. The molecule has 0 heterocycles. The smallest absolute Gasteiger partial charge is 0.251 e. The molecule has 0 aromatic heterocycles. The molecule has 0 atom stereocenters. The van der Waals surface area contributed by atoms with E-state index in [1.165, 1.54) is 0 Å². The highest BCUT2D eigenvalue weighted by molar-refractivity contribution is 6.19. The number of nitrogens with one attached hydrogen (secondary N) is 1. The summed E-state index contributed by atoms with van der Waals surface area (Å²) in [6.45, 7) is 0. The molecule has 4 rings (SSSR count). The number of carbonyl (C=O) groups excluding carboxylic acids is 2. The number of rotatable bonds is 1. The maximum absolute atomic E-state index is 10.9. The Labute approximate surface area is 111 Å². The van der Waals surface area contributed by atoms with E-state index in [9.17, 15) is 9.59 Å². The molecule has 0 fully saturated rings. The molecule has 2 bridgehead atoms. The van der Waals surface area contributed by atoms with Gasteiger partial charge < -0.3 is 11.1 Å². The Kier molecular flexibility index (Phi) is 3.61. The minimum Gasteiger partial charge on any atom is -0.398 e. The molecule has 0 aliphatic heterocycles. The van der Waals surface area contributed by atoms with Crippen LogP contribution in [0.4, 0.5) is 5.69 Å². The van der Waals surface area contributed by atoms with Crippen molar-refractivity contribution in [2.75, 3.05) is 12.8 Å². The van der Waals surface area contributed by atoms with Gasteiger partial charge in [0.15, 0.2) is 5.78 Å². The van der Waals surface area contributed by atoms with Crippen molar-refractivity contribution < 1.29 is 9.59 Å². The Morgan fingerprint density at radius 1 is 1.11 bits per heavy atom. The third kappa shape index (κ3) is 2.63. The SMILES string of the molecule is CNC(=O)c1ccccc1.Nc1ccc2cc1C2=O. The first-order valence-electron chi connectivity index (χ1n) is 5.85. The van der Waals surface area contributed by atoms with Gasteiger partial charge in [-0.05, 0) is 30.3 Å². The Bertz CT molecular complexity index is 618. The lowest BCUT2D eigenvalue weighted by molar-refractivity contribution is 0.0962. The summed E-state index contributed by atoms with van der Waals surface area (Å²) in [6.07, 6.45) is 0. The number of benzene rings is 2. The first kappa shape index (κ1) is 12.8. The third-order valence-electron chi connectivity index (χ3n) is 2.82. The summed E-state index contributed by atoms with van der Waals surface area (Å²) in [7, 11) is 1.62. The van der Waals surface area contributed by atoms with Crippen molar-refractivity contribution in [3.63, 3.8) is 0 Å². The zero-order valence-corrected chi connectivity index (χ0v) is 10.5. The van der Waals surface area contributed by atoms with E-state index < -0.39 is 0 Å². The molecular weight excluding hydrogens is 240 g/mol. The van der Waals surface area contributed by atoms with Gasteiger partial charge in [-0.2, -0.15) is 0 Å². The van der Waals surface area contributed by atoms with Crippen LogP contribution < -0.4 is 11.1 Å². The molecule has 1 amide bonds. The van der Waals surface area contributed by atoms with Gasteiger partial charge >= 0.3 is 0 Å². The minimum absolute atomic E-state index is 0.0411. The number of nitrogen functional groups attached to an aromatic ring is 1. The maximum atomic E-state index is 10.9. The van der Waals surface area contributed by atoms with Gasteiger partial charge in [-0.1, -0.05) is 18.2 Å². The van der Waals surface area contributed by atoms with Gasteiger partial charge in [-0.15, -0.1) is 0 Å². The molecule has 0 spiro atoms. The molecule has 2 aromatic carbocycles. The number of nitrogens with two attached hydrogens (primary N) is 1. The summed E-state index contributed by atoms with van der Waals surface area (Å²) in [5, 5.41) is 2.54. The molecule has 0 saturated heterocycles. The van der Waals surface area contributed by atoms with E-state index >= 15 is 0 Å². The lowest BCUT2D eigenvalue weighted by Gasteiger charge is -2.14. The molecule has 0 radical (unpaired) electrons. The monoisotopic (exact) mass is 254 g/mol. The zero-order valence-electron chi connectivity index (χ0n) is 10.5. The Hall–Kier alpha value is -2.62. The largest absolute Gasteiger partial charge is 0.398 e. The van der Waals surface area contributed by atoms with Crippen LogP contribution in [0.15, 0.2) is 48.5 Å². The minimum atomic E-state index is -0.0411. The van der Waals surface area contributed by atoms with Crippen molar-refractivity contribution in [1.82, 2.24) is 5.32 Å². The van der Waals surface area contributed by atoms with Gasteiger partial charge in [-0.25, -0.2) is 0 Å². The number of fused-ring (bicyclic) bond motifs is 2. The second kappa shape index (κ2) is 5.35. The molecule has 2 aliphatic rings.